The van der Waals surface area contributed by atoms with Crippen LogP contribution in [-0.4, -0.2) is 42.2 Å². The van der Waals surface area contributed by atoms with Gasteiger partial charge in [0.25, 0.3) is 0 Å². The molecule has 1 atom stereocenters. The van der Waals surface area contributed by atoms with E-state index in [1.807, 2.05) is 30.3 Å². The van der Waals surface area contributed by atoms with E-state index in [0.717, 1.165) is 43.1 Å². The number of sulfonamides is 1. The van der Waals surface area contributed by atoms with E-state index in [-0.39, 0.29) is 0 Å². The molecule has 1 aromatic heterocycles. The van der Waals surface area contributed by atoms with Gasteiger partial charge in [0.2, 0.25) is 10.0 Å². The number of hydrogen-bond donors (Lipinski definition) is 0. The van der Waals surface area contributed by atoms with Gasteiger partial charge >= 0.3 is 0 Å². The minimum Gasteiger partial charge on any atom is -0.301 e. The maximum absolute atomic E-state index is 13.4. The highest BCUT2D eigenvalue weighted by Gasteiger charge is 2.56. The molecule has 0 amide bonds. The van der Waals surface area contributed by atoms with Crippen molar-refractivity contribution in [3.63, 3.8) is 0 Å². The zero-order valence-corrected chi connectivity index (χ0v) is 15.5. The summed E-state index contributed by atoms with van der Waals surface area (Å²) in [6.45, 7) is 3.23. The Morgan fingerprint density at radius 2 is 2.00 bits per heavy atom. The average molecular weight is 369 g/mol. The molecule has 136 valence electrons. The lowest BCUT2D eigenvalue weighted by Gasteiger charge is -2.34. The first-order valence-corrected chi connectivity index (χ1v) is 10.8. The molecule has 1 saturated carbocycles. The van der Waals surface area contributed by atoms with Crippen LogP contribution in [0.5, 0.6) is 0 Å². The Hall–Kier alpha value is -1.76. The molecular formula is C20H23N3O2S. The van der Waals surface area contributed by atoms with Gasteiger partial charge in [-0.2, -0.15) is 4.31 Å². The van der Waals surface area contributed by atoms with E-state index in [9.17, 15) is 8.42 Å². The molecule has 3 heterocycles. The minimum absolute atomic E-state index is 0.377. The van der Waals surface area contributed by atoms with Crippen LogP contribution in [0.4, 0.5) is 0 Å². The number of hydrogen-bond acceptors (Lipinski definition) is 4. The van der Waals surface area contributed by atoms with Gasteiger partial charge in [0, 0.05) is 38.6 Å². The molecule has 2 aliphatic heterocycles. The fourth-order valence-electron chi connectivity index (χ4n) is 4.57. The summed E-state index contributed by atoms with van der Waals surface area (Å²) in [5.74, 6) is 0.810. The first-order chi connectivity index (χ1) is 12.6. The third kappa shape index (κ3) is 2.51. The van der Waals surface area contributed by atoms with Crippen LogP contribution in [0.3, 0.4) is 0 Å². The molecular weight excluding hydrogens is 346 g/mol. The predicted molar refractivity (Wildman–Crippen MR) is 98.9 cm³/mol. The molecule has 26 heavy (non-hydrogen) atoms. The molecule has 0 N–H and O–H groups in total. The quantitative estimate of drug-likeness (QED) is 0.831. The second-order valence-corrected chi connectivity index (χ2v) is 9.66. The molecule has 3 aliphatic rings. The highest BCUT2D eigenvalue weighted by Crippen LogP contribution is 2.50. The minimum atomic E-state index is -3.49. The van der Waals surface area contributed by atoms with Crippen molar-refractivity contribution in [1.82, 2.24) is 14.2 Å². The number of benzene rings is 1. The van der Waals surface area contributed by atoms with Crippen LogP contribution in [0.25, 0.3) is 0 Å². The van der Waals surface area contributed by atoms with Crippen LogP contribution in [0, 0.1) is 5.92 Å². The highest BCUT2D eigenvalue weighted by atomic mass is 32.2. The average Bonchev–Trinajstić information content (AvgIpc) is 3.34. The molecule has 1 aromatic carbocycles. The summed E-state index contributed by atoms with van der Waals surface area (Å²) in [7, 11) is -3.49. The Bertz CT molecular complexity index is 927. The Balaban J connectivity index is 1.57. The maximum atomic E-state index is 13.4. The Labute approximate surface area is 154 Å². The van der Waals surface area contributed by atoms with Crippen molar-refractivity contribution in [3.05, 3.63) is 59.9 Å². The Kier molecular flexibility index (Phi) is 3.71. The third-order valence-corrected chi connectivity index (χ3v) is 7.99. The third-order valence-electron chi connectivity index (χ3n) is 6.02. The SMILES string of the molecule is O=S1(=O)c2ccccc2[C@]2(CCN(CC3CC3)C2)N1Cc1cccnc1. The van der Waals surface area contributed by atoms with Crippen molar-refractivity contribution in [2.24, 2.45) is 5.92 Å². The fraction of sp³-hybridized carbons (Fsp3) is 0.450. The van der Waals surface area contributed by atoms with Crippen LogP contribution >= 0.6 is 0 Å². The molecule has 6 heteroatoms. The normalized spacial score (nSPS) is 27.8. The zero-order chi connectivity index (χ0) is 17.8. The lowest BCUT2D eigenvalue weighted by atomic mass is 9.88. The van der Waals surface area contributed by atoms with Gasteiger partial charge < -0.3 is 4.90 Å². The van der Waals surface area contributed by atoms with Crippen LogP contribution in [0.2, 0.25) is 0 Å². The fourth-order valence-corrected chi connectivity index (χ4v) is 6.62. The highest BCUT2D eigenvalue weighted by molar-refractivity contribution is 7.89. The second-order valence-electron chi connectivity index (χ2n) is 7.83. The Morgan fingerprint density at radius 1 is 1.15 bits per heavy atom. The van der Waals surface area contributed by atoms with Crippen LogP contribution in [0.15, 0.2) is 53.7 Å². The second kappa shape index (κ2) is 5.87. The van der Waals surface area contributed by atoms with Gasteiger partial charge in [-0.3, -0.25) is 4.98 Å². The number of nitrogens with zero attached hydrogens (tertiary/aromatic N) is 3. The molecule has 0 bridgehead atoms. The largest absolute Gasteiger partial charge is 0.301 e. The number of fused-ring (bicyclic) bond motifs is 2. The summed E-state index contributed by atoms with van der Waals surface area (Å²) >= 11 is 0. The standard InChI is InChI=1S/C20H23N3O2S/c24-26(25)19-6-2-1-5-18(19)20(9-11-22(15-20)13-16-7-8-16)23(26)14-17-4-3-10-21-12-17/h1-6,10,12,16H,7-9,11,13-15H2/t20-/m1/s1. The van der Waals surface area contributed by atoms with Crippen molar-refractivity contribution < 1.29 is 8.42 Å². The molecule has 0 unspecified atom stereocenters. The molecule has 0 radical (unpaired) electrons. The smallest absolute Gasteiger partial charge is 0.244 e. The molecule has 2 fully saturated rings. The molecule has 2 aromatic rings. The van der Waals surface area contributed by atoms with Gasteiger partial charge in [0.1, 0.15) is 0 Å². The molecule has 1 aliphatic carbocycles. The lowest BCUT2D eigenvalue weighted by molar-refractivity contribution is 0.184. The van der Waals surface area contributed by atoms with E-state index in [4.69, 9.17) is 0 Å². The summed E-state index contributed by atoms with van der Waals surface area (Å²) in [4.78, 5) is 7.12. The van der Waals surface area contributed by atoms with Crippen LogP contribution < -0.4 is 0 Å². The summed E-state index contributed by atoms with van der Waals surface area (Å²) < 4.78 is 28.5. The monoisotopic (exact) mass is 369 g/mol. The molecule has 1 spiro atoms. The topological polar surface area (TPSA) is 53.5 Å². The predicted octanol–water partition coefficient (Wildman–Crippen LogP) is 2.60. The van der Waals surface area contributed by atoms with Crippen molar-refractivity contribution >= 4 is 10.0 Å². The van der Waals surface area contributed by atoms with Gasteiger partial charge in [-0.1, -0.05) is 24.3 Å². The van der Waals surface area contributed by atoms with Gasteiger partial charge in [0.15, 0.2) is 0 Å². The van der Waals surface area contributed by atoms with E-state index >= 15 is 0 Å². The van der Waals surface area contributed by atoms with Gasteiger partial charge in [-0.05, 0) is 48.4 Å². The number of aromatic nitrogens is 1. The van der Waals surface area contributed by atoms with Crippen molar-refractivity contribution in [2.45, 2.75) is 36.2 Å². The summed E-state index contributed by atoms with van der Waals surface area (Å²) in [5, 5.41) is 0. The van der Waals surface area contributed by atoms with Crippen LogP contribution in [-0.2, 0) is 22.1 Å². The van der Waals surface area contributed by atoms with Gasteiger partial charge in [-0.15, -0.1) is 0 Å². The van der Waals surface area contributed by atoms with Gasteiger partial charge in [-0.25, -0.2) is 8.42 Å². The van der Waals surface area contributed by atoms with Crippen molar-refractivity contribution in [2.75, 3.05) is 19.6 Å². The number of likely N-dealkylation sites (tertiary alicyclic amines) is 1. The first kappa shape index (κ1) is 16.4. The van der Waals surface area contributed by atoms with Gasteiger partial charge in [0.05, 0.1) is 10.4 Å². The summed E-state index contributed by atoms with van der Waals surface area (Å²) in [6, 6.07) is 11.4. The van der Waals surface area contributed by atoms with E-state index < -0.39 is 15.6 Å². The molecule has 1 saturated heterocycles. The lowest BCUT2D eigenvalue weighted by Crippen LogP contribution is -2.45. The maximum Gasteiger partial charge on any atom is 0.244 e. The number of pyridine rings is 1. The van der Waals surface area contributed by atoms with Crippen molar-refractivity contribution in [3.8, 4) is 0 Å². The Morgan fingerprint density at radius 3 is 2.77 bits per heavy atom. The van der Waals surface area contributed by atoms with E-state index in [1.165, 1.54) is 12.8 Å². The van der Waals surface area contributed by atoms with E-state index in [1.54, 1.807) is 22.8 Å². The summed E-state index contributed by atoms with van der Waals surface area (Å²) in [6.07, 6.45) is 6.98. The number of rotatable bonds is 4. The van der Waals surface area contributed by atoms with E-state index in [0.29, 0.717) is 11.4 Å². The summed E-state index contributed by atoms with van der Waals surface area (Å²) in [5.41, 5.74) is 1.46. The molecule has 5 nitrogen and oxygen atoms in total. The van der Waals surface area contributed by atoms with Crippen LogP contribution in [0.1, 0.15) is 30.4 Å². The zero-order valence-electron chi connectivity index (χ0n) is 14.7. The first-order valence-electron chi connectivity index (χ1n) is 9.33. The van der Waals surface area contributed by atoms with E-state index in [2.05, 4.69) is 9.88 Å². The van der Waals surface area contributed by atoms with Crippen molar-refractivity contribution in [1.29, 1.82) is 0 Å². The molecule has 5 rings (SSSR count).